The third-order valence-electron chi connectivity index (χ3n) is 5.91. The van der Waals surface area contributed by atoms with Gasteiger partial charge in [0, 0.05) is 68.4 Å². The second-order valence-corrected chi connectivity index (χ2v) is 9.08. The summed E-state index contributed by atoms with van der Waals surface area (Å²) in [6.45, 7) is 0.873. The van der Waals surface area contributed by atoms with E-state index < -0.39 is 12.3 Å². The summed E-state index contributed by atoms with van der Waals surface area (Å²) in [5.74, 6) is -1.82. The van der Waals surface area contributed by atoms with Gasteiger partial charge in [-0.3, -0.25) is 19.5 Å². The predicted octanol–water partition coefficient (Wildman–Crippen LogP) is 3.75. The van der Waals surface area contributed by atoms with Crippen LogP contribution in [0, 0.1) is 0 Å². The van der Waals surface area contributed by atoms with Crippen molar-refractivity contribution in [2.75, 3.05) is 26.0 Å². The predicted molar refractivity (Wildman–Crippen MR) is 128 cm³/mol. The largest absolute Gasteiger partial charge is 0.349 e. The number of halogens is 4. The van der Waals surface area contributed by atoms with E-state index in [0.29, 0.717) is 40.8 Å². The molecule has 35 heavy (non-hydrogen) atoms. The molecule has 0 aliphatic carbocycles. The maximum Gasteiger partial charge on any atom is 0.315 e. The summed E-state index contributed by atoms with van der Waals surface area (Å²) in [4.78, 5) is 39.7. The van der Waals surface area contributed by atoms with E-state index in [-0.39, 0.29) is 46.9 Å². The Hall–Kier alpha value is -3.18. The summed E-state index contributed by atoms with van der Waals surface area (Å²) >= 11 is 12.9. The zero-order valence-corrected chi connectivity index (χ0v) is 20.4. The number of benzene rings is 1. The Labute approximate surface area is 208 Å². The molecular formula is C22H22Cl2F2N6O3. The first kappa shape index (κ1) is 24.9. The molecule has 3 amide bonds. The number of carbonyl (C=O) groups excluding carboxylic acids is 3. The van der Waals surface area contributed by atoms with Gasteiger partial charge in [-0.1, -0.05) is 23.2 Å². The molecule has 0 saturated carbocycles. The average molecular weight is 527 g/mol. The molecule has 3 heterocycles. The van der Waals surface area contributed by atoms with Crippen molar-refractivity contribution in [2.24, 2.45) is 0 Å². The summed E-state index contributed by atoms with van der Waals surface area (Å²) in [5.41, 5.74) is 2.42. The number of rotatable bonds is 6. The van der Waals surface area contributed by atoms with Gasteiger partial charge in [0.1, 0.15) is 0 Å². The zero-order chi connectivity index (χ0) is 25.4. The highest BCUT2D eigenvalue weighted by molar-refractivity contribution is 6.46. The van der Waals surface area contributed by atoms with Gasteiger partial charge in [0.05, 0.1) is 34.0 Å². The van der Waals surface area contributed by atoms with Crippen LogP contribution in [-0.4, -0.2) is 69.4 Å². The number of nitrogens with one attached hydrogen (secondary N) is 2. The Morgan fingerprint density at radius 1 is 1.23 bits per heavy atom. The Balaban J connectivity index is 1.82. The normalized spacial score (nSPS) is 13.3. The number of aromatic amines is 1. The SMILES string of the molecule is CN(C)C(=O)CCC(=O)N1CCn2c(c(-c3cn[nH]c3)c3c(NC(=O)C(F)F)cc(Cl)c(Cl)c32)C1. The van der Waals surface area contributed by atoms with Gasteiger partial charge in [0.25, 0.3) is 5.91 Å². The van der Waals surface area contributed by atoms with Crippen molar-refractivity contribution in [3.05, 3.63) is 34.2 Å². The molecule has 1 aromatic carbocycles. The molecule has 0 bridgehead atoms. The van der Waals surface area contributed by atoms with Crippen molar-refractivity contribution in [3.63, 3.8) is 0 Å². The van der Waals surface area contributed by atoms with Crippen LogP contribution < -0.4 is 5.32 Å². The first-order chi connectivity index (χ1) is 16.6. The van der Waals surface area contributed by atoms with E-state index >= 15 is 0 Å². The molecule has 0 atom stereocenters. The fourth-order valence-corrected chi connectivity index (χ4v) is 4.67. The monoisotopic (exact) mass is 526 g/mol. The van der Waals surface area contributed by atoms with Crippen molar-refractivity contribution in [2.45, 2.75) is 32.4 Å². The van der Waals surface area contributed by atoms with E-state index in [9.17, 15) is 23.2 Å². The molecule has 13 heteroatoms. The highest BCUT2D eigenvalue weighted by Gasteiger charge is 2.31. The van der Waals surface area contributed by atoms with Crippen LogP contribution in [0.5, 0.6) is 0 Å². The third kappa shape index (κ3) is 4.70. The lowest BCUT2D eigenvalue weighted by molar-refractivity contribution is -0.136. The van der Waals surface area contributed by atoms with Crippen molar-refractivity contribution >= 4 is 57.5 Å². The maximum absolute atomic E-state index is 13.1. The van der Waals surface area contributed by atoms with Gasteiger partial charge in [-0.05, 0) is 6.07 Å². The summed E-state index contributed by atoms with van der Waals surface area (Å²) < 4.78 is 28.0. The standard InChI is InChI=1S/C22H22Cl2F2N6O3/c1-30(2)15(33)3-4-16(34)31-5-6-32-14(10-31)17(11-8-27-28-9-11)18-13(29-22(35)21(25)26)7-12(23)19(24)20(18)32/h7-9,21H,3-6,10H2,1-2H3,(H,27,28)(H,29,35). The minimum absolute atomic E-state index is 0.0561. The summed E-state index contributed by atoms with van der Waals surface area (Å²) in [6.07, 6.45) is 0.0824. The molecule has 0 spiro atoms. The molecule has 1 aliphatic rings. The molecule has 9 nitrogen and oxygen atoms in total. The number of carbonyl (C=O) groups is 3. The third-order valence-corrected chi connectivity index (χ3v) is 6.69. The number of hydrogen-bond donors (Lipinski definition) is 2. The number of aromatic nitrogens is 3. The minimum Gasteiger partial charge on any atom is -0.349 e. The van der Waals surface area contributed by atoms with E-state index in [0.717, 1.165) is 0 Å². The molecule has 2 aromatic heterocycles. The van der Waals surface area contributed by atoms with Crippen LogP contribution in [0.3, 0.4) is 0 Å². The molecule has 0 unspecified atom stereocenters. The van der Waals surface area contributed by atoms with E-state index in [1.165, 1.54) is 11.0 Å². The van der Waals surface area contributed by atoms with Crippen LogP contribution in [0.1, 0.15) is 18.5 Å². The van der Waals surface area contributed by atoms with Gasteiger partial charge in [-0.25, -0.2) is 0 Å². The Kier molecular flexibility index (Phi) is 7.00. The topological polar surface area (TPSA) is 103 Å². The van der Waals surface area contributed by atoms with Crippen LogP contribution in [0.4, 0.5) is 14.5 Å². The van der Waals surface area contributed by atoms with E-state index in [2.05, 4.69) is 15.5 Å². The second kappa shape index (κ2) is 9.82. The molecule has 0 saturated heterocycles. The number of alkyl halides is 2. The van der Waals surface area contributed by atoms with Crippen LogP contribution >= 0.6 is 23.2 Å². The first-order valence-electron chi connectivity index (χ1n) is 10.7. The number of fused-ring (bicyclic) bond motifs is 3. The van der Waals surface area contributed by atoms with Gasteiger partial charge in [0.2, 0.25) is 11.8 Å². The Morgan fingerprint density at radius 3 is 2.60 bits per heavy atom. The molecule has 3 aromatic rings. The quantitative estimate of drug-likeness (QED) is 0.510. The van der Waals surface area contributed by atoms with Gasteiger partial charge in [-0.2, -0.15) is 13.9 Å². The smallest absolute Gasteiger partial charge is 0.315 e. The highest BCUT2D eigenvalue weighted by atomic mass is 35.5. The molecular weight excluding hydrogens is 505 g/mol. The molecule has 0 fully saturated rings. The van der Waals surface area contributed by atoms with Gasteiger partial charge in [-0.15, -0.1) is 0 Å². The van der Waals surface area contributed by atoms with E-state index in [1.54, 1.807) is 31.4 Å². The fourth-order valence-electron chi connectivity index (χ4n) is 4.22. The van der Waals surface area contributed by atoms with Gasteiger partial charge >= 0.3 is 6.43 Å². The van der Waals surface area contributed by atoms with Crippen molar-refractivity contribution in [3.8, 4) is 11.1 Å². The maximum atomic E-state index is 13.1. The minimum atomic E-state index is -3.23. The molecule has 0 radical (unpaired) electrons. The van der Waals surface area contributed by atoms with E-state index in [4.69, 9.17) is 23.2 Å². The molecule has 1 aliphatic heterocycles. The number of anilines is 1. The van der Waals surface area contributed by atoms with Crippen LogP contribution in [-0.2, 0) is 27.5 Å². The first-order valence-corrected chi connectivity index (χ1v) is 11.4. The van der Waals surface area contributed by atoms with Crippen LogP contribution in [0.2, 0.25) is 10.0 Å². The van der Waals surface area contributed by atoms with E-state index in [1.807, 2.05) is 4.57 Å². The van der Waals surface area contributed by atoms with Crippen molar-refractivity contribution in [1.29, 1.82) is 0 Å². The Bertz CT molecular complexity index is 1310. The van der Waals surface area contributed by atoms with Gasteiger partial charge in [0.15, 0.2) is 0 Å². The number of amides is 3. The molecule has 4 rings (SSSR count). The van der Waals surface area contributed by atoms with Crippen molar-refractivity contribution in [1.82, 2.24) is 24.6 Å². The summed E-state index contributed by atoms with van der Waals surface area (Å²) in [7, 11) is 3.26. The fraction of sp³-hybridized carbons (Fsp3) is 0.364. The molecule has 186 valence electrons. The van der Waals surface area contributed by atoms with Gasteiger partial charge < -0.3 is 19.7 Å². The lowest BCUT2D eigenvalue weighted by Gasteiger charge is -2.30. The summed E-state index contributed by atoms with van der Waals surface area (Å²) in [6, 6.07) is 1.33. The Morgan fingerprint density at radius 2 is 1.97 bits per heavy atom. The number of H-pyrrole nitrogens is 1. The van der Waals surface area contributed by atoms with Crippen molar-refractivity contribution < 1.29 is 23.2 Å². The average Bonchev–Trinajstić information content (AvgIpc) is 3.45. The molecule has 2 N–H and O–H groups in total. The highest BCUT2D eigenvalue weighted by Crippen LogP contribution is 2.46. The summed E-state index contributed by atoms with van der Waals surface area (Å²) in [5, 5.41) is 9.66. The lowest BCUT2D eigenvalue weighted by atomic mass is 10.0. The second-order valence-electron chi connectivity index (χ2n) is 8.30. The number of hydrogen-bond acceptors (Lipinski definition) is 4. The zero-order valence-electron chi connectivity index (χ0n) is 18.9. The van der Waals surface area contributed by atoms with Crippen LogP contribution in [0.15, 0.2) is 18.5 Å². The van der Waals surface area contributed by atoms with Crippen LogP contribution in [0.25, 0.3) is 22.0 Å². The lowest BCUT2D eigenvalue weighted by Crippen LogP contribution is -2.38. The number of nitrogens with zero attached hydrogens (tertiary/aromatic N) is 4.